The van der Waals surface area contributed by atoms with Gasteiger partial charge >= 0.3 is 5.69 Å². The Balaban J connectivity index is 0.965. The van der Waals surface area contributed by atoms with Gasteiger partial charge < -0.3 is 9.64 Å². The number of carbonyl (C=O) groups is 1. The standard InChI is InChI=1S/C47H49ClF2N8O6S/c1-46(2)15-13-33(38(26-46)31-3-5-34(48)6-4-31)28-55-19-21-56(22-20-55)35-7-9-37(40(24-35)57-41-23-32-14-18-51-44(32)53-39(41)27-52-57)45(59)54-65(62,63)36-8-10-43(42(25-36)58(60)61)64-29-30-11-16-47(49,50)17-12-30/h3-10,14,18,23-25,27,30,52H,11-13,15-17,19-22,26,28-29H2,1-2H3,(H,54,59). The molecule has 3 aromatic heterocycles. The Morgan fingerprint density at radius 1 is 1.00 bits per heavy atom. The van der Waals surface area contributed by atoms with Crippen LogP contribution < -0.4 is 14.4 Å². The number of piperazine rings is 1. The maximum Gasteiger partial charge on any atom is 0.312 e. The van der Waals surface area contributed by atoms with E-state index in [1.807, 2.05) is 30.3 Å². The Morgan fingerprint density at radius 3 is 2.49 bits per heavy atom. The van der Waals surface area contributed by atoms with Gasteiger partial charge in [0.05, 0.1) is 33.2 Å². The number of carbonyl (C=O) groups excluding carboxylic acids is 1. The highest BCUT2D eigenvalue weighted by Crippen LogP contribution is 2.44. The normalized spacial score (nSPS) is 18.3. The molecule has 1 amide bonds. The third kappa shape index (κ3) is 9.58. The second kappa shape index (κ2) is 17.5. The molecule has 1 saturated heterocycles. The number of hydrogen-bond acceptors (Lipinski definition) is 10. The zero-order valence-electron chi connectivity index (χ0n) is 36.0. The van der Waals surface area contributed by atoms with Gasteiger partial charge in [0.1, 0.15) is 5.52 Å². The number of fused-ring (bicyclic) bond motifs is 2. The molecule has 14 nitrogen and oxygen atoms in total. The van der Waals surface area contributed by atoms with Gasteiger partial charge in [0, 0.05) is 80.1 Å². The van der Waals surface area contributed by atoms with Gasteiger partial charge in [-0.1, -0.05) is 43.2 Å². The summed E-state index contributed by atoms with van der Waals surface area (Å²) in [6.07, 6.45) is 6.29. The number of aromatic amines is 1. The van der Waals surface area contributed by atoms with Gasteiger partial charge in [-0.2, -0.15) is 0 Å². The molecule has 1 aliphatic heterocycles. The molecule has 6 aromatic rings. The lowest BCUT2D eigenvalue weighted by atomic mass is 9.72. The van der Waals surface area contributed by atoms with Crippen molar-refractivity contribution in [1.29, 1.82) is 0 Å². The highest BCUT2D eigenvalue weighted by atomic mass is 35.5. The number of halogens is 3. The van der Waals surface area contributed by atoms with Gasteiger partial charge in [0.25, 0.3) is 15.9 Å². The summed E-state index contributed by atoms with van der Waals surface area (Å²) >= 11 is 6.25. The number of rotatable bonds is 12. The van der Waals surface area contributed by atoms with Crippen molar-refractivity contribution in [2.75, 3.05) is 44.2 Å². The van der Waals surface area contributed by atoms with Crippen molar-refractivity contribution in [2.45, 2.75) is 69.6 Å². The molecule has 2 aliphatic carbocycles. The predicted molar refractivity (Wildman–Crippen MR) is 246 cm³/mol. The van der Waals surface area contributed by atoms with Crippen LogP contribution in [0.5, 0.6) is 5.75 Å². The summed E-state index contributed by atoms with van der Waals surface area (Å²) in [5, 5.41) is 16.8. The number of hydrogen-bond donors (Lipinski definition) is 2. The molecule has 0 bridgehead atoms. The molecule has 0 spiro atoms. The molecule has 65 heavy (non-hydrogen) atoms. The number of H-pyrrole nitrogens is 1. The van der Waals surface area contributed by atoms with E-state index in [-0.39, 0.29) is 54.9 Å². The van der Waals surface area contributed by atoms with Crippen molar-refractivity contribution in [3.05, 3.63) is 117 Å². The van der Waals surface area contributed by atoms with Crippen LogP contribution in [0.1, 0.15) is 74.7 Å². The Hall–Kier alpha value is -5.91. The maximum absolute atomic E-state index is 14.2. The molecule has 0 atom stereocenters. The zero-order chi connectivity index (χ0) is 45.7. The number of allylic oxidation sites excluding steroid dienone is 1. The number of anilines is 1. The fourth-order valence-corrected chi connectivity index (χ4v) is 10.4. The lowest BCUT2D eigenvalue weighted by molar-refractivity contribution is -0.386. The van der Waals surface area contributed by atoms with Crippen LogP contribution in [0.3, 0.4) is 0 Å². The number of aromatic nitrogens is 4. The van der Waals surface area contributed by atoms with Crippen molar-refractivity contribution in [1.82, 2.24) is 29.4 Å². The van der Waals surface area contributed by atoms with Gasteiger partial charge in [0.15, 0.2) is 11.4 Å². The monoisotopic (exact) mass is 926 g/mol. The Labute approximate surface area is 379 Å². The lowest BCUT2D eigenvalue weighted by Crippen LogP contribution is -2.47. The second-order valence-corrected chi connectivity index (χ2v) is 20.3. The van der Waals surface area contributed by atoms with E-state index in [0.717, 1.165) is 68.2 Å². The van der Waals surface area contributed by atoms with Crippen LogP contribution in [-0.4, -0.2) is 89.1 Å². The first-order valence-corrected chi connectivity index (χ1v) is 23.6. The molecule has 3 aromatic carbocycles. The molecular weight excluding hydrogens is 878 g/mol. The number of pyridine rings is 1. The summed E-state index contributed by atoms with van der Waals surface area (Å²) in [5.74, 6) is -4.14. The van der Waals surface area contributed by atoms with Gasteiger partial charge in [-0.3, -0.25) is 29.6 Å². The minimum atomic E-state index is -4.67. The summed E-state index contributed by atoms with van der Waals surface area (Å²) in [7, 11) is -4.67. The first-order chi connectivity index (χ1) is 31.0. The topological polar surface area (TPSA) is 169 Å². The number of benzene rings is 3. The van der Waals surface area contributed by atoms with Crippen molar-refractivity contribution in [3.8, 4) is 11.4 Å². The molecule has 2 N–H and O–H groups in total. The van der Waals surface area contributed by atoms with Crippen molar-refractivity contribution >= 4 is 66.5 Å². The van der Waals surface area contributed by atoms with Crippen LogP contribution in [0.15, 0.2) is 95.7 Å². The van der Waals surface area contributed by atoms with Crippen LogP contribution in [0.4, 0.5) is 20.2 Å². The summed E-state index contributed by atoms with van der Waals surface area (Å²) in [6, 6.07) is 20.1. The van der Waals surface area contributed by atoms with Crippen LogP contribution in [0.25, 0.3) is 33.3 Å². The molecular formula is C47H49ClF2N8O6S. The highest BCUT2D eigenvalue weighted by molar-refractivity contribution is 7.90. The molecule has 18 heteroatoms. The minimum absolute atomic E-state index is 0.0137. The third-order valence-corrected chi connectivity index (χ3v) is 14.6. The van der Waals surface area contributed by atoms with E-state index >= 15 is 0 Å². The van der Waals surface area contributed by atoms with Crippen LogP contribution >= 0.6 is 11.6 Å². The van der Waals surface area contributed by atoms with E-state index < -0.39 is 37.4 Å². The van der Waals surface area contributed by atoms with Gasteiger partial charge in [0.2, 0.25) is 5.92 Å². The quantitative estimate of drug-likeness (QED) is 0.0891. The number of nitro benzene ring substituents is 1. The molecule has 1 saturated carbocycles. The first-order valence-electron chi connectivity index (χ1n) is 21.8. The number of ether oxygens (including phenoxy) is 1. The lowest BCUT2D eigenvalue weighted by Gasteiger charge is -2.39. The van der Waals surface area contributed by atoms with Crippen LogP contribution in [-0.2, 0) is 10.0 Å². The minimum Gasteiger partial charge on any atom is -0.487 e. The van der Waals surface area contributed by atoms with E-state index in [1.54, 1.807) is 29.2 Å². The molecule has 2 fully saturated rings. The summed E-state index contributed by atoms with van der Waals surface area (Å²) < 4.78 is 64.4. The van der Waals surface area contributed by atoms with E-state index in [0.29, 0.717) is 40.5 Å². The van der Waals surface area contributed by atoms with Crippen LogP contribution in [0.2, 0.25) is 5.02 Å². The van der Waals surface area contributed by atoms with Crippen molar-refractivity contribution < 1.29 is 31.7 Å². The molecule has 4 heterocycles. The second-order valence-electron chi connectivity index (χ2n) is 18.2. The molecule has 0 unspecified atom stereocenters. The molecule has 3 aliphatic rings. The summed E-state index contributed by atoms with van der Waals surface area (Å²) in [5.41, 5.74) is 6.58. The zero-order valence-corrected chi connectivity index (χ0v) is 37.6. The fraction of sp³-hybridized carbons (Fsp3) is 0.383. The number of sulfonamides is 1. The third-order valence-electron chi connectivity index (χ3n) is 13.0. The van der Waals surface area contributed by atoms with Crippen molar-refractivity contribution in [3.63, 3.8) is 0 Å². The number of nitro groups is 1. The average molecular weight is 927 g/mol. The van der Waals surface area contributed by atoms with Gasteiger partial charge in [-0.15, -0.1) is 0 Å². The Kier molecular flexibility index (Phi) is 11.9. The first kappa shape index (κ1) is 44.3. The number of nitrogens with one attached hydrogen (secondary N) is 2. The largest absolute Gasteiger partial charge is 0.487 e. The van der Waals surface area contributed by atoms with Gasteiger partial charge in [-0.05, 0) is 109 Å². The van der Waals surface area contributed by atoms with E-state index in [2.05, 4.69) is 55.6 Å². The Morgan fingerprint density at radius 2 is 1.75 bits per heavy atom. The molecule has 9 rings (SSSR count). The maximum atomic E-state index is 14.2. The number of amides is 1. The fourth-order valence-electron chi connectivity index (χ4n) is 9.25. The van der Waals surface area contributed by atoms with Crippen LogP contribution in [0, 0.1) is 21.4 Å². The van der Waals surface area contributed by atoms with E-state index in [9.17, 15) is 32.1 Å². The Bertz CT molecular complexity index is 2940. The highest BCUT2D eigenvalue weighted by Gasteiger charge is 2.36. The number of nitrogens with zero attached hydrogens (tertiary/aromatic N) is 6. The summed E-state index contributed by atoms with van der Waals surface area (Å²) in [6.45, 7) is 8.50. The van der Waals surface area contributed by atoms with E-state index in [4.69, 9.17) is 16.3 Å². The van der Waals surface area contributed by atoms with E-state index in [1.165, 1.54) is 16.7 Å². The number of alkyl halides is 2. The summed E-state index contributed by atoms with van der Waals surface area (Å²) in [4.78, 5) is 38.7. The average Bonchev–Trinajstić information content (AvgIpc) is 3.92. The SMILES string of the molecule is CC1(C)CCC(CN2CCN(c3ccc(C(=O)NS(=O)(=O)c4ccc(OCC5CCC(F)(F)CC5)c([N+](=O)[O-])c4)c(-n4[nH]cc5nc6nccc6cc54)c3)CC2)=C(c2ccc(Cl)cc2)C1. The molecule has 0 radical (unpaired) electrons. The van der Waals surface area contributed by atoms with Gasteiger partial charge in [-0.25, -0.2) is 31.9 Å². The smallest absolute Gasteiger partial charge is 0.312 e. The molecule has 340 valence electrons. The van der Waals surface area contributed by atoms with Crippen molar-refractivity contribution in [2.24, 2.45) is 11.3 Å². The predicted octanol–water partition coefficient (Wildman–Crippen LogP) is 9.57.